The third kappa shape index (κ3) is 2.64. The Balaban J connectivity index is 2.11. The van der Waals surface area contributed by atoms with E-state index in [-0.39, 0.29) is 0 Å². The number of ether oxygens (including phenoxy) is 2. The van der Waals surface area contributed by atoms with E-state index in [2.05, 4.69) is 21.2 Å². The Bertz CT molecular complexity index is 650. The van der Waals surface area contributed by atoms with Crippen LogP contribution >= 0.6 is 0 Å². The maximum atomic E-state index is 9.98. The maximum absolute atomic E-state index is 9.98. The van der Waals surface area contributed by atoms with Crippen LogP contribution in [0.5, 0.6) is 6.01 Å². The summed E-state index contributed by atoms with van der Waals surface area (Å²) in [6.07, 6.45) is 1.43. The number of aromatic nitrogens is 3. The summed E-state index contributed by atoms with van der Waals surface area (Å²) in [5.74, 6) is 1.21. The Labute approximate surface area is 123 Å². The number of hydrogen-bond acceptors (Lipinski definition) is 5. The van der Waals surface area contributed by atoms with E-state index in [1.807, 2.05) is 13.0 Å². The van der Waals surface area contributed by atoms with Crippen molar-refractivity contribution in [1.29, 1.82) is 0 Å². The number of hydrogen-bond donors (Lipinski definition) is 2. The van der Waals surface area contributed by atoms with Gasteiger partial charge in [-0.1, -0.05) is 11.2 Å². The molecule has 6 heteroatoms. The van der Waals surface area contributed by atoms with Gasteiger partial charge in [0.15, 0.2) is 12.1 Å². The lowest BCUT2D eigenvalue weighted by atomic mass is 9.95. The van der Waals surface area contributed by atoms with E-state index in [0.717, 1.165) is 16.7 Å². The van der Waals surface area contributed by atoms with E-state index < -0.39 is 6.29 Å². The van der Waals surface area contributed by atoms with Gasteiger partial charge >= 0.3 is 6.01 Å². The number of benzene rings is 1. The fraction of sp³-hybridized carbons (Fsp3) is 0.467. The second kappa shape index (κ2) is 5.46. The third-order valence-corrected chi connectivity index (χ3v) is 3.86. The number of nitrogens with zero attached hydrogens (tertiary/aromatic N) is 2. The summed E-state index contributed by atoms with van der Waals surface area (Å²) in [6, 6.07) is 4.41. The van der Waals surface area contributed by atoms with Gasteiger partial charge < -0.3 is 14.6 Å². The van der Waals surface area contributed by atoms with Crippen LogP contribution in [0.4, 0.5) is 0 Å². The van der Waals surface area contributed by atoms with E-state index in [0.29, 0.717) is 17.8 Å². The van der Waals surface area contributed by atoms with E-state index >= 15 is 0 Å². The van der Waals surface area contributed by atoms with Gasteiger partial charge in [0, 0.05) is 18.2 Å². The molecule has 0 saturated heterocycles. The molecule has 1 unspecified atom stereocenters. The molecule has 1 heterocycles. The highest BCUT2D eigenvalue weighted by Gasteiger charge is 2.29. The van der Waals surface area contributed by atoms with Crippen LogP contribution in [0.2, 0.25) is 0 Å². The SMILES string of the molecule is COc1nnc(-c2cc(C(O)OC)c(C)cc2C2CC2)[nH]1. The quantitative estimate of drug-likeness (QED) is 0.826. The predicted octanol–water partition coefficient (Wildman–Crippen LogP) is 2.30. The number of aliphatic hydroxyl groups is 1. The third-order valence-electron chi connectivity index (χ3n) is 3.86. The molecule has 1 aromatic heterocycles. The molecule has 1 atom stereocenters. The monoisotopic (exact) mass is 289 g/mol. The topological polar surface area (TPSA) is 80.3 Å². The Morgan fingerprint density at radius 2 is 2.05 bits per heavy atom. The summed E-state index contributed by atoms with van der Waals surface area (Å²) in [5.41, 5.74) is 3.94. The van der Waals surface area contributed by atoms with Gasteiger partial charge in [-0.2, -0.15) is 0 Å². The standard InChI is InChI=1S/C15H19N3O3/c1-8-6-11(9-4-5-9)12(7-10(8)14(19)20-2)13-16-15(21-3)18-17-13/h6-7,9,14,19H,4-5H2,1-3H3,(H,16,17,18). The zero-order valence-electron chi connectivity index (χ0n) is 12.4. The van der Waals surface area contributed by atoms with Gasteiger partial charge in [0.2, 0.25) is 0 Å². The van der Waals surface area contributed by atoms with Crippen molar-refractivity contribution < 1.29 is 14.6 Å². The fourth-order valence-corrected chi connectivity index (χ4v) is 2.54. The lowest BCUT2D eigenvalue weighted by Gasteiger charge is -2.16. The summed E-state index contributed by atoms with van der Waals surface area (Å²) in [7, 11) is 3.03. The van der Waals surface area contributed by atoms with E-state index in [1.54, 1.807) is 7.11 Å². The largest absolute Gasteiger partial charge is 0.467 e. The molecule has 2 aromatic rings. The first-order chi connectivity index (χ1) is 10.1. The highest BCUT2D eigenvalue weighted by molar-refractivity contribution is 5.64. The molecular weight excluding hydrogens is 270 g/mol. The zero-order chi connectivity index (χ0) is 15.0. The molecule has 1 saturated carbocycles. The Kier molecular flexibility index (Phi) is 3.65. The number of aliphatic hydroxyl groups excluding tert-OH is 1. The van der Waals surface area contributed by atoms with Crippen LogP contribution in [0.3, 0.4) is 0 Å². The molecule has 6 nitrogen and oxygen atoms in total. The van der Waals surface area contributed by atoms with Crippen molar-refractivity contribution in [3.05, 3.63) is 28.8 Å². The number of nitrogens with one attached hydrogen (secondary N) is 1. The first-order valence-corrected chi connectivity index (χ1v) is 6.96. The lowest BCUT2D eigenvalue weighted by molar-refractivity contribution is -0.0773. The summed E-state index contributed by atoms with van der Waals surface area (Å²) in [4.78, 5) is 3.04. The first-order valence-electron chi connectivity index (χ1n) is 6.96. The van der Waals surface area contributed by atoms with E-state index in [9.17, 15) is 5.11 Å². The van der Waals surface area contributed by atoms with Gasteiger partial charge in [-0.25, -0.2) is 0 Å². The van der Waals surface area contributed by atoms with Crippen molar-refractivity contribution in [3.63, 3.8) is 0 Å². The molecular formula is C15H19N3O3. The lowest BCUT2D eigenvalue weighted by Crippen LogP contribution is -2.04. The minimum atomic E-state index is -0.943. The van der Waals surface area contributed by atoms with Gasteiger partial charge in [-0.05, 0) is 42.9 Å². The van der Waals surface area contributed by atoms with Crippen LogP contribution in [-0.2, 0) is 4.74 Å². The molecule has 0 aliphatic heterocycles. The highest BCUT2D eigenvalue weighted by Crippen LogP contribution is 2.45. The van der Waals surface area contributed by atoms with Gasteiger partial charge in [-0.15, -0.1) is 5.10 Å². The predicted molar refractivity (Wildman–Crippen MR) is 77.1 cm³/mol. The van der Waals surface area contributed by atoms with Crippen molar-refractivity contribution in [3.8, 4) is 17.4 Å². The van der Waals surface area contributed by atoms with Crippen LogP contribution in [0.1, 0.15) is 41.7 Å². The Morgan fingerprint density at radius 3 is 2.62 bits per heavy atom. The molecule has 2 N–H and O–H groups in total. The molecule has 0 radical (unpaired) electrons. The normalized spacial score (nSPS) is 16.0. The van der Waals surface area contributed by atoms with E-state index in [1.165, 1.54) is 25.5 Å². The molecule has 1 fully saturated rings. The molecule has 1 aromatic carbocycles. The first kappa shape index (κ1) is 14.0. The van der Waals surface area contributed by atoms with Crippen molar-refractivity contribution >= 4 is 0 Å². The summed E-state index contributed by atoms with van der Waals surface area (Å²) in [6.45, 7) is 1.98. The van der Waals surface area contributed by atoms with Crippen molar-refractivity contribution in [1.82, 2.24) is 15.2 Å². The molecule has 3 rings (SSSR count). The number of methoxy groups -OCH3 is 2. The van der Waals surface area contributed by atoms with Crippen molar-refractivity contribution in [2.24, 2.45) is 0 Å². The molecule has 0 amide bonds. The summed E-state index contributed by atoms with van der Waals surface area (Å²) >= 11 is 0. The highest BCUT2D eigenvalue weighted by atomic mass is 16.6. The molecule has 1 aliphatic carbocycles. The Morgan fingerprint density at radius 1 is 1.29 bits per heavy atom. The van der Waals surface area contributed by atoms with Crippen LogP contribution in [0.15, 0.2) is 12.1 Å². The smallest absolute Gasteiger partial charge is 0.314 e. The molecule has 21 heavy (non-hydrogen) atoms. The summed E-state index contributed by atoms with van der Waals surface area (Å²) in [5, 5.41) is 18.0. The van der Waals surface area contributed by atoms with Crippen LogP contribution in [-0.4, -0.2) is 34.5 Å². The average Bonchev–Trinajstić information content (AvgIpc) is 3.24. The fourth-order valence-electron chi connectivity index (χ4n) is 2.54. The number of aryl methyl sites for hydroxylation is 1. The van der Waals surface area contributed by atoms with Crippen LogP contribution < -0.4 is 4.74 Å². The van der Waals surface area contributed by atoms with Crippen molar-refractivity contribution in [2.45, 2.75) is 32.0 Å². The second-order valence-corrected chi connectivity index (χ2v) is 5.34. The van der Waals surface area contributed by atoms with E-state index in [4.69, 9.17) is 9.47 Å². The van der Waals surface area contributed by atoms with Gasteiger partial charge in [0.05, 0.1) is 7.11 Å². The maximum Gasteiger partial charge on any atom is 0.314 e. The number of rotatable bonds is 5. The van der Waals surface area contributed by atoms with Crippen LogP contribution in [0, 0.1) is 6.92 Å². The van der Waals surface area contributed by atoms with Gasteiger partial charge in [0.1, 0.15) is 0 Å². The minimum Gasteiger partial charge on any atom is -0.467 e. The number of H-pyrrole nitrogens is 1. The van der Waals surface area contributed by atoms with Crippen molar-refractivity contribution in [2.75, 3.05) is 14.2 Å². The molecule has 112 valence electrons. The second-order valence-electron chi connectivity index (χ2n) is 5.34. The Hall–Kier alpha value is -1.92. The molecule has 0 spiro atoms. The van der Waals surface area contributed by atoms with Crippen LogP contribution in [0.25, 0.3) is 11.4 Å². The molecule has 1 aliphatic rings. The molecule has 0 bridgehead atoms. The average molecular weight is 289 g/mol. The number of aromatic amines is 1. The minimum absolute atomic E-state index is 0.376. The zero-order valence-corrected chi connectivity index (χ0v) is 12.4. The van der Waals surface area contributed by atoms with Gasteiger partial charge in [0.25, 0.3) is 0 Å². The van der Waals surface area contributed by atoms with Gasteiger partial charge in [-0.3, -0.25) is 4.98 Å². The summed E-state index contributed by atoms with van der Waals surface area (Å²) < 4.78 is 10.1.